The molecular weight excluding hydrogens is 276 g/mol. The lowest BCUT2D eigenvalue weighted by Crippen LogP contribution is -2.34. The first kappa shape index (κ1) is 14.3. The van der Waals surface area contributed by atoms with E-state index in [-0.39, 0.29) is 5.97 Å². The molecule has 3 rings (SSSR count). The molecule has 2 aromatic heterocycles. The molecule has 112 valence electrons. The number of benzene rings is 1. The zero-order chi connectivity index (χ0) is 15.4. The summed E-state index contributed by atoms with van der Waals surface area (Å²) in [6.07, 6.45) is 7.09. The van der Waals surface area contributed by atoms with Gasteiger partial charge in [-0.2, -0.15) is 0 Å². The van der Waals surface area contributed by atoms with Crippen LogP contribution in [-0.2, 0) is 29.1 Å². The molecule has 0 unspecified atom stereocenters. The second-order valence-corrected chi connectivity index (χ2v) is 5.34. The highest BCUT2D eigenvalue weighted by atomic mass is 16.5. The number of aromatic nitrogens is 2. The number of hydrogen-bond acceptors (Lipinski definition) is 2. The van der Waals surface area contributed by atoms with Crippen molar-refractivity contribution in [1.82, 2.24) is 4.98 Å². The minimum Gasteiger partial charge on any atom is -0.461 e. The summed E-state index contributed by atoms with van der Waals surface area (Å²) >= 11 is 0. The molecule has 4 heteroatoms. The van der Waals surface area contributed by atoms with E-state index >= 15 is 0 Å². The van der Waals surface area contributed by atoms with Crippen molar-refractivity contribution in [3.05, 3.63) is 66.1 Å². The number of aryl methyl sites for hydroxylation is 2. The molecule has 1 N–H and O–H groups in total. The Kier molecular flexibility index (Phi) is 4.19. The molecule has 22 heavy (non-hydrogen) atoms. The summed E-state index contributed by atoms with van der Waals surface area (Å²) in [5, 5.41) is 1.28. The Hall–Kier alpha value is -2.62. The normalized spacial score (nSPS) is 10.8. The van der Waals surface area contributed by atoms with Crippen LogP contribution in [0.15, 0.2) is 55.0 Å². The second-order valence-electron chi connectivity index (χ2n) is 5.34. The number of para-hydroxylation sites is 1. The van der Waals surface area contributed by atoms with Crippen LogP contribution in [0.4, 0.5) is 0 Å². The van der Waals surface area contributed by atoms with Crippen molar-refractivity contribution in [3.8, 4) is 0 Å². The molecule has 0 atom stereocenters. The van der Waals surface area contributed by atoms with E-state index in [1.54, 1.807) is 0 Å². The molecule has 0 aliphatic heterocycles. The molecule has 4 nitrogen and oxygen atoms in total. The first-order chi connectivity index (χ1) is 10.7. The Morgan fingerprint density at radius 2 is 2.09 bits per heavy atom. The molecule has 0 radical (unpaired) electrons. The predicted octanol–water partition coefficient (Wildman–Crippen LogP) is 2.76. The zero-order valence-electron chi connectivity index (χ0n) is 12.6. The van der Waals surface area contributed by atoms with Gasteiger partial charge in [0.25, 0.3) is 0 Å². The van der Waals surface area contributed by atoms with Crippen LogP contribution in [0.1, 0.15) is 18.1 Å². The van der Waals surface area contributed by atoms with E-state index in [2.05, 4.69) is 33.9 Å². The highest BCUT2D eigenvalue weighted by molar-refractivity contribution is 5.82. The number of rotatable bonds is 5. The van der Waals surface area contributed by atoms with Gasteiger partial charge < -0.3 is 9.72 Å². The monoisotopic (exact) mass is 295 g/mol. The van der Waals surface area contributed by atoms with E-state index in [1.165, 1.54) is 23.4 Å². The van der Waals surface area contributed by atoms with E-state index in [4.69, 9.17) is 4.74 Å². The average Bonchev–Trinajstić information content (AvgIpc) is 2.95. The van der Waals surface area contributed by atoms with Crippen molar-refractivity contribution in [2.45, 2.75) is 26.5 Å². The SMILES string of the molecule is CC(=O)OCc1ccc[n+](CCc2c[nH]c3ccccc23)c1. The third-order valence-electron chi connectivity index (χ3n) is 3.68. The molecule has 0 saturated heterocycles. The second kappa shape index (κ2) is 6.43. The predicted molar refractivity (Wildman–Crippen MR) is 84.1 cm³/mol. The number of fused-ring (bicyclic) bond motifs is 1. The van der Waals surface area contributed by atoms with Gasteiger partial charge in [0, 0.05) is 36.5 Å². The fourth-order valence-electron chi connectivity index (χ4n) is 2.57. The fourth-order valence-corrected chi connectivity index (χ4v) is 2.57. The van der Waals surface area contributed by atoms with Crippen LogP contribution in [0.2, 0.25) is 0 Å². The lowest BCUT2D eigenvalue weighted by molar-refractivity contribution is -0.696. The van der Waals surface area contributed by atoms with Crippen LogP contribution in [0.25, 0.3) is 10.9 Å². The van der Waals surface area contributed by atoms with Gasteiger partial charge in [-0.15, -0.1) is 0 Å². The first-order valence-corrected chi connectivity index (χ1v) is 7.39. The van der Waals surface area contributed by atoms with Crippen LogP contribution in [0, 0.1) is 0 Å². The lowest BCUT2D eigenvalue weighted by Gasteiger charge is -2.02. The van der Waals surface area contributed by atoms with Crippen molar-refractivity contribution < 1.29 is 14.1 Å². The minimum absolute atomic E-state index is 0.255. The molecule has 0 aliphatic rings. The van der Waals surface area contributed by atoms with Gasteiger partial charge in [-0.25, -0.2) is 4.57 Å². The van der Waals surface area contributed by atoms with Crippen LogP contribution >= 0.6 is 0 Å². The number of aromatic amines is 1. The summed E-state index contributed by atoms with van der Waals surface area (Å²) in [7, 11) is 0. The van der Waals surface area contributed by atoms with Crippen molar-refractivity contribution in [3.63, 3.8) is 0 Å². The number of hydrogen-bond donors (Lipinski definition) is 1. The molecule has 0 bridgehead atoms. The van der Waals surface area contributed by atoms with Gasteiger partial charge in [0.15, 0.2) is 18.9 Å². The van der Waals surface area contributed by atoms with Gasteiger partial charge in [0.1, 0.15) is 6.61 Å². The molecule has 3 aromatic rings. The summed E-state index contributed by atoms with van der Waals surface area (Å²) in [5.74, 6) is -0.255. The minimum atomic E-state index is -0.255. The Labute approximate surface area is 129 Å². The Morgan fingerprint density at radius 1 is 1.23 bits per heavy atom. The van der Waals surface area contributed by atoms with Crippen molar-refractivity contribution >= 4 is 16.9 Å². The Balaban J connectivity index is 1.68. The molecule has 0 saturated carbocycles. The van der Waals surface area contributed by atoms with Crippen LogP contribution in [-0.4, -0.2) is 11.0 Å². The number of carbonyl (C=O) groups is 1. The van der Waals surface area contributed by atoms with E-state index in [1.807, 2.05) is 30.6 Å². The maximum atomic E-state index is 10.9. The smallest absolute Gasteiger partial charge is 0.302 e. The topological polar surface area (TPSA) is 46.0 Å². The summed E-state index contributed by atoms with van der Waals surface area (Å²) < 4.78 is 7.16. The number of pyridine rings is 1. The van der Waals surface area contributed by atoms with Gasteiger partial charge >= 0.3 is 5.97 Å². The van der Waals surface area contributed by atoms with E-state index in [0.29, 0.717) is 6.61 Å². The van der Waals surface area contributed by atoms with Crippen molar-refractivity contribution in [1.29, 1.82) is 0 Å². The number of nitrogens with one attached hydrogen (secondary N) is 1. The molecule has 1 aromatic carbocycles. The summed E-state index contributed by atoms with van der Waals surface area (Å²) in [6.45, 7) is 2.63. The standard InChI is InChI=1S/C18H19N2O2/c1-14(21)22-13-15-5-4-9-20(12-15)10-8-16-11-19-18-7-3-2-6-17(16)18/h2-7,9,11-12,19H,8,10,13H2,1H3/q+1. The zero-order valence-corrected chi connectivity index (χ0v) is 12.6. The number of esters is 1. The van der Waals surface area contributed by atoms with Gasteiger partial charge in [-0.05, 0) is 17.7 Å². The van der Waals surface area contributed by atoms with Gasteiger partial charge in [0.2, 0.25) is 0 Å². The first-order valence-electron chi connectivity index (χ1n) is 7.39. The highest BCUT2D eigenvalue weighted by Crippen LogP contribution is 2.17. The highest BCUT2D eigenvalue weighted by Gasteiger charge is 2.08. The van der Waals surface area contributed by atoms with Gasteiger partial charge in [-0.1, -0.05) is 18.2 Å². The lowest BCUT2D eigenvalue weighted by atomic mass is 10.1. The Morgan fingerprint density at radius 3 is 2.95 bits per heavy atom. The number of ether oxygens (including phenoxy) is 1. The van der Waals surface area contributed by atoms with E-state index < -0.39 is 0 Å². The molecule has 2 heterocycles. The van der Waals surface area contributed by atoms with Gasteiger partial charge in [-0.3, -0.25) is 4.79 Å². The summed E-state index contributed by atoms with van der Waals surface area (Å²) in [4.78, 5) is 14.2. The Bertz CT molecular complexity index is 792. The third-order valence-corrected chi connectivity index (χ3v) is 3.68. The van der Waals surface area contributed by atoms with Crippen LogP contribution in [0.5, 0.6) is 0 Å². The van der Waals surface area contributed by atoms with E-state index in [9.17, 15) is 4.79 Å². The van der Waals surface area contributed by atoms with Crippen LogP contribution < -0.4 is 4.57 Å². The molecule has 0 spiro atoms. The molecule has 0 fully saturated rings. The molecular formula is C18H19N2O2+. The third kappa shape index (κ3) is 3.34. The average molecular weight is 295 g/mol. The number of nitrogens with zero attached hydrogens (tertiary/aromatic N) is 1. The largest absolute Gasteiger partial charge is 0.461 e. The number of carbonyl (C=O) groups excluding carboxylic acids is 1. The fraction of sp³-hybridized carbons (Fsp3) is 0.222. The van der Waals surface area contributed by atoms with Crippen LogP contribution in [0.3, 0.4) is 0 Å². The van der Waals surface area contributed by atoms with E-state index in [0.717, 1.165) is 18.5 Å². The van der Waals surface area contributed by atoms with Crippen molar-refractivity contribution in [2.24, 2.45) is 0 Å². The summed E-state index contributed by atoms with van der Waals surface area (Å²) in [6, 6.07) is 12.3. The maximum Gasteiger partial charge on any atom is 0.302 e. The van der Waals surface area contributed by atoms with Gasteiger partial charge in [0.05, 0.1) is 5.56 Å². The number of H-pyrrole nitrogens is 1. The summed E-state index contributed by atoms with van der Waals surface area (Å²) in [5.41, 5.74) is 3.48. The van der Waals surface area contributed by atoms with Crippen molar-refractivity contribution in [2.75, 3.05) is 0 Å². The maximum absolute atomic E-state index is 10.9. The molecule has 0 aliphatic carbocycles. The molecule has 0 amide bonds. The quantitative estimate of drug-likeness (QED) is 0.581.